The molecule has 0 aliphatic rings. The second-order valence-corrected chi connectivity index (χ2v) is 6.97. The maximum Gasteiger partial charge on any atom is 0.348 e. The van der Waals surface area contributed by atoms with Crippen molar-refractivity contribution in [3.63, 3.8) is 0 Å². The van der Waals surface area contributed by atoms with E-state index in [-0.39, 0.29) is 26.6 Å². The van der Waals surface area contributed by atoms with E-state index in [0.29, 0.717) is 0 Å². The first kappa shape index (κ1) is 22.6. The Balaban J connectivity index is 2.27. The van der Waals surface area contributed by atoms with E-state index < -0.39 is 35.8 Å². The molecular formula is C18H19N3O8S. The van der Waals surface area contributed by atoms with E-state index in [1.807, 2.05) is 0 Å². The largest absolute Gasteiger partial charge is 0.465 e. The Morgan fingerprint density at radius 2 is 1.77 bits per heavy atom. The van der Waals surface area contributed by atoms with E-state index in [1.54, 1.807) is 0 Å². The number of hydrogen-bond donors (Lipinski definition) is 1. The second kappa shape index (κ2) is 9.22. The van der Waals surface area contributed by atoms with Gasteiger partial charge in [-0.15, -0.1) is 11.3 Å². The molecular weight excluding hydrogens is 418 g/mol. The third-order valence-corrected chi connectivity index (χ3v) is 5.07. The summed E-state index contributed by atoms with van der Waals surface area (Å²) in [6.07, 6.45) is 3.44. The summed E-state index contributed by atoms with van der Waals surface area (Å²) in [5.41, 5.74) is 4.74. The monoisotopic (exact) mass is 437 g/mol. The third-order valence-electron chi connectivity index (χ3n) is 4.03. The standard InChI is InChI=1S/C18H19N3O8S/c1-20-7-9(15(23)21(2)18(20)26)5-6-11(22)29-8-10-12(16(24)27-3)14(19)30-13(10)17(25)28-4/h5-7H,8,19H2,1-4H3/b6-5+. The van der Waals surface area contributed by atoms with Crippen LogP contribution in [0.25, 0.3) is 6.08 Å². The lowest BCUT2D eigenvalue weighted by molar-refractivity contribution is -0.138. The summed E-state index contributed by atoms with van der Waals surface area (Å²) in [5.74, 6) is -2.41. The van der Waals surface area contributed by atoms with Crippen molar-refractivity contribution in [3.8, 4) is 0 Å². The van der Waals surface area contributed by atoms with Gasteiger partial charge in [0, 0.05) is 31.9 Å². The molecule has 12 heteroatoms. The molecule has 2 aromatic rings. The van der Waals surface area contributed by atoms with E-state index in [9.17, 15) is 24.0 Å². The SMILES string of the molecule is COC(=O)c1sc(N)c(C(=O)OC)c1COC(=O)/C=C/c1cn(C)c(=O)n(C)c1=O. The van der Waals surface area contributed by atoms with E-state index in [2.05, 4.69) is 9.47 Å². The molecule has 0 aromatic carbocycles. The fourth-order valence-electron chi connectivity index (χ4n) is 2.51. The van der Waals surface area contributed by atoms with Crippen molar-refractivity contribution in [1.82, 2.24) is 9.13 Å². The summed E-state index contributed by atoms with van der Waals surface area (Å²) in [7, 11) is 5.07. The van der Waals surface area contributed by atoms with Crippen LogP contribution in [0.2, 0.25) is 0 Å². The maximum atomic E-state index is 12.1. The van der Waals surface area contributed by atoms with Crippen molar-refractivity contribution < 1.29 is 28.6 Å². The van der Waals surface area contributed by atoms with Gasteiger partial charge < -0.3 is 24.5 Å². The van der Waals surface area contributed by atoms with Crippen molar-refractivity contribution in [3.05, 3.63) is 54.7 Å². The van der Waals surface area contributed by atoms with Gasteiger partial charge in [0.15, 0.2) is 0 Å². The molecule has 2 N–H and O–H groups in total. The zero-order chi connectivity index (χ0) is 22.6. The van der Waals surface area contributed by atoms with E-state index in [4.69, 9.17) is 10.5 Å². The Labute approximate surface area is 173 Å². The van der Waals surface area contributed by atoms with Gasteiger partial charge in [0.05, 0.1) is 19.8 Å². The van der Waals surface area contributed by atoms with Crippen LogP contribution in [0, 0.1) is 0 Å². The topological polar surface area (TPSA) is 149 Å². The molecule has 0 atom stereocenters. The van der Waals surface area contributed by atoms with Gasteiger partial charge in [0.1, 0.15) is 22.0 Å². The summed E-state index contributed by atoms with van der Waals surface area (Å²) in [4.78, 5) is 59.8. The molecule has 2 rings (SSSR count). The molecule has 11 nitrogen and oxygen atoms in total. The summed E-state index contributed by atoms with van der Waals surface area (Å²) in [6.45, 7) is -0.461. The number of carbonyl (C=O) groups excluding carboxylic acids is 3. The number of anilines is 1. The Kier molecular flexibility index (Phi) is 6.95. The number of nitrogens with zero attached hydrogens (tertiary/aromatic N) is 2. The number of hydrogen-bond acceptors (Lipinski definition) is 10. The molecule has 0 unspecified atom stereocenters. The maximum absolute atomic E-state index is 12.1. The van der Waals surface area contributed by atoms with Crippen LogP contribution < -0.4 is 17.0 Å². The number of ether oxygens (including phenoxy) is 3. The summed E-state index contributed by atoms with van der Waals surface area (Å²) < 4.78 is 16.5. The molecule has 2 heterocycles. The van der Waals surface area contributed by atoms with Crippen LogP contribution in [-0.4, -0.2) is 41.3 Å². The highest BCUT2D eigenvalue weighted by Crippen LogP contribution is 2.33. The van der Waals surface area contributed by atoms with Crippen LogP contribution >= 0.6 is 11.3 Å². The molecule has 0 bridgehead atoms. The van der Waals surface area contributed by atoms with Crippen LogP contribution in [0.4, 0.5) is 5.00 Å². The number of nitrogens with two attached hydrogens (primary N) is 1. The smallest absolute Gasteiger partial charge is 0.348 e. The van der Waals surface area contributed by atoms with Crippen LogP contribution in [0.3, 0.4) is 0 Å². The highest BCUT2D eigenvalue weighted by Gasteiger charge is 2.27. The second-order valence-electron chi connectivity index (χ2n) is 5.92. The number of thiophene rings is 1. The van der Waals surface area contributed by atoms with Gasteiger partial charge in [-0.25, -0.2) is 19.2 Å². The Hall–Kier alpha value is -3.67. The van der Waals surface area contributed by atoms with Crippen molar-refractivity contribution in [2.75, 3.05) is 20.0 Å². The lowest BCUT2D eigenvalue weighted by atomic mass is 10.1. The van der Waals surface area contributed by atoms with Gasteiger partial charge in [-0.05, 0) is 6.08 Å². The molecule has 0 fully saturated rings. The van der Waals surface area contributed by atoms with Gasteiger partial charge >= 0.3 is 23.6 Å². The zero-order valence-electron chi connectivity index (χ0n) is 16.6. The van der Waals surface area contributed by atoms with Gasteiger partial charge in [-0.1, -0.05) is 0 Å². The van der Waals surface area contributed by atoms with Crippen molar-refractivity contribution >= 4 is 40.3 Å². The lowest BCUT2D eigenvalue weighted by Gasteiger charge is -2.07. The number of rotatable bonds is 6. The minimum Gasteiger partial charge on any atom is -0.465 e. The lowest BCUT2D eigenvalue weighted by Crippen LogP contribution is -2.37. The van der Waals surface area contributed by atoms with Crippen LogP contribution in [-0.2, 0) is 39.7 Å². The molecule has 30 heavy (non-hydrogen) atoms. The average molecular weight is 437 g/mol. The Morgan fingerprint density at radius 1 is 1.13 bits per heavy atom. The number of methoxy groups -OCH3 is 2. The fourth-order valence-corrected chi connectivity index (χ4v) is 3.49. The predicted molar refractivity (Wildman–Crippen MR) is 107 cm³/mol. The minimum atomic E-state index is -0.859. The highest BCUT2D eigenvalue weighted by atomic mass is 32.1. The molecule has 160 valence electrons. The first-order chi connectivity index (χ1) is 14.1. The van der Waals surface area contributed by atoms with Crippen molar-refractivity contribution in [1.29, 1.82) is 0 Å². The quantitative estimate of drug-likeness (QED) is 0.376. The van der Waals surface area contributed by atoms with E-state index in [0.717, 1.165) is 36.2 Å². The van der Waals surface area contributed by atoms with Gasteiger partial charge in [0.25, 0.3) is 5.56 Å². The molecule has 2 aromatic heterocycles. The van der Waals surface area contributed by atoms with Crippen molar-refractivity contribution in [2.45, 2.75) is 6.61 Å². The third kappa shape index (κ3) is 4.49. The van der Waals surface area contributed by atoms with E-state index in [1.165, 1.54) is 30.9 Å². The molecule has 0 spiro atoms. The first-order valence-electron chi connectivity index (χ1n) is 8.31. The van der Waals surface area contributed by atoms with Crippen LogP contribution in [0.5, 0.6) is 0 Å². The number of esters is 3. The molecule has 0 aliphatic carbocycles. The summed E-state index contributed by atoms with van der Waals surface area (Å²) in [5, 5.41) is 0.0116. The van der Waals surface area contributed by atoms with Gasteiger partial charge in [0.2, 0.25) is 0 Å². The fraction of sp³-hybridized carbons (Fsp3) is 0.278. The zero-order valence-corrected chi connectivity index (χ0v) is 17.4. The Bertz CT molecular complexity index is 1160. The number of aryl methyl sites for hydroxylation is 1. The number of carbonyl (C=O) groups is 3. The number of aromatic nitrogens is 2. The van der Waals surface area contributed by atoms with Crippen LogP contribution in [0.1, 0.15) is 31.2 Å². The summed E-state index contributed by atoms with van der Waals surface area (Å²) >= 11 is 0.802. The average Bonchev–Trinajstić information content (AvgIpc) is 3.07. The predicted octanol–water partition coefficient (Wildman–Crippen LogP) is 0.0575. The molecule has 0 radical (unpaired) electrons. The molecule has 0 amide bonds. The minimum absolute atomic E-state index is 0.000826. The summed E-state index contributed by atoms with van der Waals surface area (Å²) in [6, 6.07) is 0. The normalized spacial score (nSPS) is 10.8. The highest BCUT2D eigenvalue weighted by molar-refractivity contribution is 7.18. The number of nitrogen functional groups attached to an aromatic ring is 1. The molecule has 0 saturated heterocycles. The van der Waals surface area contributed by atoms with E-state index >= 15 is 0 Å². The van der Waals surface area contributed by atoms with Gasteiger partial charge in [-0.3, -0.25) is 9.36 Å². The van der Waals surface area contributed by atoms with Crippen LogP contribution in [0.15, 0.2) is 21.9 Å². The first-order valence-corrected chi connectivity index (χ1v) is 9.13. The van der Waals surface area contributed by atoms with Crippen molar-refractivity contribution in [2.24, 2.45) is 14.1 Å². The molecule has 0 saturated carbocycles. The Morgan fingerprint density at radius 3 is 2.37 bits per heavy atom. The molecule has 0 aliphatic heterocycles. The van der Waals surface area contributed by atoms with Gasteiger partial charge in [-0.2, -0.15) is 0 Å².